The number of ketones is 1. The second kappa shape index (κ2) is 6.17. The third-order valence-corrected chi connectivity index (χ3v) is 9.21. The summed E-state index contributed by atoms with van der Waals surface area (Å²) in [7, 11) is 4.31. The summed E-state index contributed by atoms with van der Waals surface area (Å²) in [5.74, 6) is 2.69. The molecule has 0 bridgehead atoms. The first-order chi connectivity index (χ1) is 12.2. The molecule has 0 aliphatic heterocycles. The van der Waals surface area contributed by atoms with Crippen LogP contribution in [0.5, 0.6) is 0 Å². The van der Waals surface area contributed by atoms with Gasteiger partial charge in [0, 0.05) is 12.0 Å². The molecule has 8 atom stereocenters. The molecule has 1 N–H and O–H groups in total. The van der Waals surface area contributed by atoms with Gasteiger partial charge in [-0.3, -0.25) is 4.79 Å². The van der Waals surface area contributed by atoms with Gasteiger partial charge >= 0.3 is 0 Å². The second-order valence-electron chi connectivity index (χ2n) is 10.6. The Morgan fingerprint density at radius 3 is 2.58 bits per heavy atom. The molecular formula is C23H37NO2. The minimum Gasteiger partial charge on any atom is -0.393 e. The van der Waals surface area contributed by atoms with E-state index in [-0.39, 0.29) is 22.9 Å². The number of Topliss-reactive ketones (excluding diaryl/α,β-unsaturated/α-hetero) is 1. The normalized spacial score (nSPS) is 50.7. The van der Waals surface area contributed by atoms with E-state index in [4.69, 9.17) is 0 Å². The van der Waals surface area contributed by atoms with Crippen LogP contribution >= 0.6 is 0 Å². The van der Waals surface area contributed by atoms with Crippen LogP contribution < -0.4 is 0 Å². The van der Waals surface area contributed by atoms with Gasteiger partial charge in [0.05, 0.1) is 6.10 Å². The number of nitrogens with zero attached hydrogens (tertiary/aromatic N) is 1. The minimum absolute atomic E-state index is 0.133. The van der Waals surface area contributed by atoms with E-state index >= 15 is 0 Å². The number of allylic oxidation sites excluding steroid dienone is 1. The monoisotopic (exact) mass is 359 g/mol. The van der Waals surface area contributed by atoms with E-state index in [1.807, 2.05) is 6.92 Å². The summed E-state index contributed by atoms with van der Waals surface area (Å²) in [6.07, 6.45) is 10.1. The molecule has 0 aromatic heterocycles. The summed E-state index contributed by atoms with van der Waals surface area (Å²) in [5.41, 5.74) is 1.98. The molecule has 146 valence electrons. The summed E-state index contributed by atoms with van der Waals surface area (Å²) in [6, 6.07) is 0.396. The molecule has 4 aliphatic carbocycles. The summed E-state index contributed by atoms with van der Waals surface area (Å²) in [4.78, 5) is 15.0. The van der Waals surface area contributed by atoms with E-state index in [0.29, 0.717) is 23.7 Å². The maximum atomic E-state index is 12.6. The fraction of sp³-hybridized carbons (Fsp3) is 0.870. The van der Waals surface area contributed by atoms with Crippen molar-refractivity contribution >= 4 is 5.78 Å². The number of carbonyl (C=O) groups excluding carboxylic acids is 1. The molecule has 0 aromatic rings. The lowest BCUT2D eigenvalue weighted by Gasteiger charge is -2.57. The Labute approximate surface area is 159 Å². The van der Waals surface area contributed by atoms with Crippen LogP contribution in [-0.4, -0.2) is 42.0 Å². The molecule has 3 heteroatoms. The highest BCUT2D eigenvalue weighted by Gasteiger charge is 2.62. The zero-order valence-corrected chi connectivity index (χ0v) is 17.3. The molecule has 26 heavy (non-hydrogen) atoms. The summed E-state index contributed by atoms with van der Waals surface area (Å²) >= 11 is 0. The van der Waals surface area contributed by atoms with Crippen LogP contribution in [0.1, 0.15) is 65.7 Å². The van der Waals surface area contributed by atoms with Gasteiger partial charge in [-0.05, 0) is 94.5 Å². The fourth-order valence-corrected chi connectivity index (χ4v) is 7.90. The number of aliphatic hydroxyl groups is 1. The van der Waals surface area contributed by atoms with Gasteiger partial charge < -0.3 is 10.0 Å². The van der Waals surface area contributed by atoms with Crippen LogP contribution in [0, 0.1) is 34.5 Å². The molecule has 3 fully saturated rings. The third-order valence-electron chi connectivity index (χ3n) is 9.21. The molecule has 0 radical (unpaired) electrons. The number of hydrogen-bond acceptors (Lipinski definition) is 3. The van der Waals surface area contributed by atoms with E-state index in [9.17, 15) is 9.90 Å². The van der Waals surface area contributed by atoms with Crippen LogP contribution in [0.2, 0.25) is 0 Å². The quantitative estimate of drug-likeness (QED) is 0.756. The average molecular weight is 360 g/mol. The van der Waals surface area contributed by atoms with E-state index < -0.39 is 0 Å². The third kappa shape index (κ3) is 2.49. The Bertz CT molecular complexity index is 626. The number of carbonyl (C=O) groups is 1. The van der Waals surface area contributed by atoms with Crippen LogP contribution in [-0.2, 0) is 4.79 Å². The second-order valence-corrected chi connectivity index (χ2v) is 10.6. The summed E-state index contributed by atoms with van der Waals surface area (Å²) in [6.45, 7) is 6.73. The minimum atomic E-state index is -0.133. The predicted molar refractivity (Wildman–Crippen MR) is 105 cm³/mol. The fourth-order valence-electron chi connectivity index (χ4n) is 7.90. The highest BCUT2D eigenvalue weighted by Crippen LogP contribution is 2.66. The molecule has 0 amide bonds. The zero-order chi connectivity index (χ0) is 18.9. The zero-order valence-electron chi connectivity index (χ0n) is 17.3. The van der Waals surface area contributed by atoms with Gasteiger partial charge in [0.15, 0.2) is 0 Å². The van der Waals surface area contributed by atoms with Crippen LogP contribution in [0.3, 0.4) is 0 Å². The molecule has 3 saturated carbocycles. The Balaban J connectivity index is 1.69. The van der Waals surface area contributed by atoms with Crippen molar-refractivity contribution < 1.29 is 9.90 Å². The standard InChI is InChI=1S/C23H37NO2/c1-14(25)21-20(24(4)5)13-19-17-7-6-15-12-16(26)8-10-22(15,2)18(17)9-11-23(19,21)3/h6,16-21,26H,7-13H2,1-5H3/t16-,17-,18+,19+,20-,21+,22+,23+/m1/s1. The van der Waals surface area contributed by atoms with Gasteiger partial charge in [0.2, 0.25) is 0 Å². The molecule has 0 spiro atoms. The first-order valence-electron chi connectivity index (χ1n) is 10.7. The lowest BCUT2D eigenvalue weighted by Crippen LogP contribution is -2.51. The lowest BCUT2D eigenvalue weighted by molar-refractivity contribution is -0.129. The summed E-state index contributed by atoms with van der Waals surface area (Å²) < 4.78 is 0. The van der Waals surface area contributed by atoms with Crippen molar-refractivity contribution in [3.05, 3.63) is 11.6 Å². The van der Waals surface area contributed by atoms with Crippen molar-refractivity contribution in [2.45, 2.75) is 77.9 Å². The van der Waals surface area contributed by atoms with Gasteiger partial charge in [-0.25, -0.2) is 0 Å². The summed E-state index contributed by atoms with van der Waals surface area (Å²) in [5, 5.41) is 10.2. The van der Waals surface area contributed by atoms with Crippen molar-refractivity contribution in [1.82, 2.24) is 4.90 Å². The van der Waals surface area contributed by atoms with Crippen LogP contribution in [0.25, 0.3) is 0 Å². The van der Waals surface area contributed by atoms with Crippen molar-refractivity contribution in [1.29, 1.82) is 0 Å². The van der Waals surface area contributed by atoms with E-state index in [2.05, 4.69) is 38.9 Å². The van der Waals surface area contributed by atoms with E-state index in [0.717, 1.165) is 31.6 Å². The van der Waals surface area contributed by atoms with Gasteiger partial charge in [-0.2, -0.15) is 0 Å². The van der Waals surface area contributed by atoms with Crippen molar-refractivity contribution in [2.75, 3.05) is 14.1 Å². The average Bonchev–Trinajstić information content (AvgIpc) is 2.89. The smallest absolute Gasteiger partial charge is 0.135 e. The molecule has 4 aliphatic rings. The Morgan fingerprint density at radius 1 is 1.19 bits per heavy atom. The van der Waals surface area contributed by atoms with Gasteiger partial charge in [0.1, 0.15) is 5.78 Å². The number of hydrogen-bond donors (Lipinski definition) is 1. The maximum Gasteiger partial charge on any atom is 0.135 e. The number of rotatable bonds is 2. The number of aliphatic hydroxyl groups excluding tert-OH is 1. The Hall–Kier alpha value is -0.670. The molecule has 3 nitrogen and oxygen atoms in total. The molecule has 0 unspecified atom stereocenters. The van der Waals surface area contributed by atoms with Gasteiger partial charge in [-0.15, -0.1) is 0 Å². The highest BCUT2D eigenvalue weighted by molar-refractivity contribution is 5.80. The van der Waals surface area contributed by atoms with E-state index in [1.54, 1.807) is 0 Å². The van der Waals surface area contributed by atoms with Crippen molar-refractivity contribution in [3.63, 3.8) is 0 Å². The van der Waals surface area contributed by atoms with Crippen molar-refractivity contribution in [2.24, 2.45) is 34.5 Å². The molecule has 0 heterocycles. The van der Waals surface area contributed by atoms with E-state index in [1.165, 1.54) is 24.8 Å². The lowest BCUT2D eigenvalue weighted by atomic mass is 9.47. The van der Waals surface area contributed by atoms with Crippen LogP contribution in [0.4, 0.5) is 0 Å². The number of fused-ring (bicyclic) bond motifs is 5. The predicted octanol–water partition coefficient (Wildman–Crippen LogP) is 4.06. The SMILES string of the molecule is CC(=O)[C@H]1[C@H](N(C)C)C[C@H]2[C@@H]3CC=C4C[C@H](O)CC[C@]4(C)[C@H]3CC[C@@]21C. The molecule has 4 rings (SSSR count). The largest absolute Gasteiger partial charge is 0.393 e. The van der Waals surface area contributed by atoms with Gasteiger partial charge in [-0.1, -0.05) is 25.5 Å². The van der Waals surface area contributed by atoms with Crippen LogP contribution in [0.15, 0.2) is 11.6 Å². The van der Waals surface area contributed by atoms with Gasteiger partial charge in [0.25, 0.3) is 0 Å². The topological polar surface area (TPSA) is 40.5 Å². The van der Waals surface area contributed by atoms with Crippen molar-refractivity contribution in [3.8, 4) is 0 Å². The Kier molecular flexibility index (Phi) is 4.43. The molecule has 0 saturated heterocycles. The Morgan fingerprint density at radius 2 is 1.92 bits per heavy atom. The maximum absolute atomic E-state index is 12.6. The molecular weight excluding hydrogens is 322 g/mol. The molecule has 0 aromatic carbocycles. The first-order valence-corrected chi connectivity index (χ1v) is 10.7. The highest BCUT2D eigenvalue weighted by atomic mass is 16.3. The first kappa shape index (κ1) is 18.7.